The molecule has 118 valence electrons. The molecular formula is C14H7Cl2F5O. The molecule has 2 aromatic carbocycles. The number of hydrogen-bond acceptors (Lipinski definition) is 1. The SMILES string of the molecule is FC(F)Oc1ccc(-c2cc(Cl)cc(Cl)c2)cc1C(F)(F)F. The number of ether oxygens (including phenoxy) is 1. The van der Waals surface area contributed by atoms with Gasteiger partial charge in [-0.05, 0) is 41.5 Å². The van der Waals surface area contributed by atoms with Crippen LogP contribution < -0.4 is 4.74 Å². The van der Waals surface area contributed by atoms with Crippen molar-refractivity contribution >= 4 is 23.2 Å². The maximum absolute atomic E-state index is 13.0. The van der Waals surface area contributed by atoms with Crippen LogP contribution >= 0.6 is 23.2 Å². The normalized spacial score (nSPS) is 11.8. The first-order chi connectivity index (χ1) is 10.2. The van der Waals surface area contributed by atoms with Crippen molar-refractivity contribution in [2.45, 2.75) is 12.8 Å². The third-order valence-electron chi connectivity index (χ3n) is 2.70. The van der Waals surface area contributed by atoms with Crippen molar-refractivity contribution in [3.05, 3.63) is 52.0 Å². The highest BCUT2D eigenvalue weighted by atomic mass is 35.5. The quantitative estimate of drug-likeness (QED) is 0.588. The zero-order valence-electron chi connectivity index (χ0n) is 10.6. The van der Waals surface area contributed by atoms with E-state index in [9.17, 15) is 22.0 Å². The summed E-state index contributed by atoms with van der Waals surface area (Å²) in [6.07, 6.45) is -4.84. The molecule has 8 heteroatoms. The highest BCUT2D eigenvalue weighted by Gasteiger charge is 2.35. The summed E-state index contributed by atoms with van der Waals surface area (Å²) >= 11 is 11.6. The molecule has 2 aromatic rings. The molecule has 0 aliphatic heterocycles. The van der Waals surface area contributed by atoms with E-state index in [1.54, 1.807) is 0 Å². The van der Waals surface area contributed by atoms with Gasteiger partial charge in [-0.3, -0.25) is 0 Å². The van der Waals surface area contributed by atoms with Gasteiger partial charge in [0.25, 0.3) is 0 Å². The lowest BCUT2D eigenvalue weighted by atomic mass is 10.0. The molecule has 0 spiro atoms. The average molecular weight is 357 g/mol. The molecule has 22 heavy (non-hydrogen) atoms. The van der Waals surface area contributed by atoms with Gasteiger partial charge in [-0.2, -0.15) is 22.0 Å². The van der Waals surface area contributed by atoms with Crippen molar-refractivity contribution in [3.8, 4) is 16.9 Å². The second-order valence-corrected chi connectivity index (χ2v) is 5.12. The van der Waals surface area contributed by atoms with Gasteiger partial charge in [-0.15, -0.1) is 0 Å². The lowest BCUT2D eigenvalue weighted by Crippen LogP contribution is -2.11. The molecule has 0 aliphatic rings. The Kier molecular flexibility index (Phi) is 4.82. The maximum Gasteiger partial charge on any atom is 0.419 e. The molecule has 0 bridgehead atoms. The molecule has 0 amide bonds. The van der Waals surface area contributed by atoms with Crippen LogP contribution in [-0.4, -0.2) is 6.61 Å². The van der Waals surface area contributed by atoms with Gasteiger partial charge < -0.3 is 4.74 Å². The second kappa shape index (κ2) is 6.30. The van der Waals surface area contributed by atoms with E-state index in [1.807, 2.05) is 0 Å². The highest BCUT2D eigenvalue weighted by Crippen LogP contribution is 2.40. The Bertz CT molecular complexity index is 665. The zero-order chi connectivity index (χ0) is 16.5. The topological polar surface area (TPSA) is 9.23 Å². The van der Waals surface area contributed by atoms with Crippen molar-refractivity contribution < 1.29 is 26.7 Å². The third-order valence-corrected chi connectivity index (χ3v) is 3.13. The zero-order valence-corrected chi connectivity index (χ0v) is 12.1. The third kappa shape index (κ3) is 4.01. The smallest absolute Gasteiger partial charge is 0.419 e. The van der Waals surface area contributed by atoms with E-state index in [4.69, 9.17) is 23.2 Å². The fourth-order valence-electron chi connectivity index (χ4n) is 1.85. The van der Waals surface area contributed by atoms with Crippen LogP contribution in [0.2, 0.25) is 10.0 Å². The highest BCUT2D eigenvalue weighted by molar-refractivity contribution is 6.35. The van der Waals surface area contributed by atoms with Crippen LogP contribution in [-0.2, 0) is 6.18 Å². The molecule has 0 radical (unpaired) electrons. The second-order valence-electron chi connectivity index (χ2n) is 4.25. The van der Waals surface area contributed by atoms with Crippen LogP contribution in [0.3, 0.4) is 0 Å². The van der Waals surface area contributed by atoms with E-state index in [0.717, 1.165) is 6.07 Å². The van der Waals surface area contributed by atoms with E-state index in [2.05, 4.69) is 4.74 Å². The van der Waals surface area contributed by atoms with Crippen molar-refractivity contribution in [3.63, 3.8) is 0 Å². The lowest BCUT2D eigenvalue weighted by Gasteiger charge is -2.15. The Labute approximate surface area is 132 Å². The molecule has 0 unspecified atom stereocenters. The molecule has 2 rings (SSSR count). The first-order valence-electron chi connectivity index (χ1n) is 5.79. The molecule has 1 nitrogen and oxygen atoms in total. The van der Waals surface area contributed by atoms with E-state index >= 15 is 0 Å². The Hall–Kier alpha value is -1.53. The van der Waals surface area contributed by atoms with Gasteiger partial charge in [0.1, 0.15) is 5.75 Å². The summed E-state index contributed by atoms with van der Waals surface area (Å²) < 4.78 is 67.2. The summed E-state index contributed by atoms with van der Waals surface area (Å²) in [7, 11) is 0. The molecule has 0 saturated carbocycles. The molecule has 0 fully saturated rings. The van der Waals surface area contributed by atoms with Crippen LogP contribution in [0.25, 0.3) is 11.1 Å². The van der Waals surface area contributed by atoms with E-state index in [1.165, 1.54) is 24.3 Å². The predicted octanol–water partition coefficient (Wildman–Crippen LogP) is 6.28. The van der Waals surface area contributed by atoms with Crippen LogP contribution in [0.5, 0.6) is 5.75 Å². The minimum atomic E-state index is -4.84. The summed E-state index contributed by atoms with van der Waals surface area (Å²) in [5.41, 5.74) is -0.855. The van der Waals surface area contributed by atoms with Gasteiger partial charge in [0.15, 0.2) is 0 Å². The Morgan fingerprint density at radius 3 is 1.95 bits per heavy atom. The maximum atomic E-state index is 13.0. The molecule has 0 aromatic heterocycles. The first kappa shape index (κ1) is 16.8. The number of rotatable bonds is 3. The molecule has 0 aliphatic carbocycles. The molecule has 0 N–H and O–H groups in total. The molecule has 0 heterocycles. The van der Waals surface area contributed by atoms with E-state index in [-0.39, 0.29) is 15.6 Å². The van der Waals surface area contributed by atoms with Gasteiger partial charge in [-0.1, -0.05) is 29.3 Å². The van der Waals surface area contributed by atoms with E-state index in [0.29, 0.717) is 11.6 Å². The van der Waals surface area contributed by atoms with E-state index < -0.39 is 24.1 Å². The minimum absolute atomic E-state index is 0.123. The predicted molar refractivity (Wildman–Crippen MR) is 73.5 cm³/mol. The summed E-state index contributed by atoms with van der Waals surface area (Å²) in [5, 5.41) is 0.480. The summed E-state index contributed by atoms with van der Waals surface area (Å²) in [5.74, 6) is -0.945. The van der Waals surface area contributed by atoms with Gasteiger partial charge in [0, 0.05) is 10.0 Å². The van der Waals surface area contributed by atoms with Crippen molar-refractivity contribution in [1.29, 1.82) is 0 Å². The Morgan fingerprint density at radius 1 is 0.864 bits per heavy atom. The monoisotopic (exact) mass is 356 g/mol. The van der Waals surface area contributed by atoms with Crippen LogP contribution in [0.15, 0.2) is 36.4 Å². The van der Waals surface area contributed by atoms with Crippen LogP contribution in [0.4, 0.5) is 22.0 Å². The fourth-order valence-corrected chi connectivity index (χ4v) is 2.38. The van der Waals surface area contributed by atoms with Gasteiger partial charge in [-0.25, -0.2) is 0 Å². The summed E-state index contributed by atoms with van der Waals surface area (Å²) in [6, 6.07) is 7.01. The Morgan fingerprint density at radius 2 is 1.45 bits per heavy atom. The fraction of sp³-hybridized carbons (Fsp3) is 0.143. The molecule has 0 atom stereocenters. The molecular weight excluding hydrogens is 350 g/mol. The summed E-state index contributed by atoms with van der Waals surface area (Å²) in [6.45, 7) is -3.35. The van der Waals surface area contributed by atoms with Crippen molar-refractivity contribution in [1.82, 2.24) is 0 Å². The number of benzene rings is 2. The first-order valence-corrected chi connectivity index (χ1v) is 6.55. The van der Waals surface area contributed by atoms with Crippen LogP contribution in [0.1, 0.15) is 5.56 Å². The van der Waals surface area contributed by atoms with Gasteiger partial charge in [0.05, 0.1) is 5.56 Å². The lowest BCUT2D eigenvalue weighted by molar-refractivity contribution is -0.141. The average Bonchev–Trinajstić information content (AvgIpc) is 2.35. The number of hydrogen-bond donors (Lipinski definition) is 0. The van der Waals surface area contributed by atoms with Crippen molar-refractivity contribution in [2.24, 2.45) is 0 Å². The molecule has 0 saturated heterocycles. The Balaban J connectivity index is 2.55. The summed E-state index contributed by atoms with van der Waals surface area (Å²) in [4.78, 5) is 0. The largest absolute Gasteiger partial charge is 0.434 e. The standard InChI is InChI=1S/C14H7Cl2F5O/c15-9-3-8(4-10(16)6-9)7-1-2-12(22-13(17)18)11(5-7)14(19,20)21/h1-6,13H. The number of alkyl halides is 5. The van der Waals surface area contributed by atoms with Crippen molar-refractivity contribution in [2.75, 3.05) is 0 Å². The van der Waals surface area contributed by atoms with Gasteiger partial charge >= 0.3 is 12.8 Å². The van der Waals surface area contributed by atoms with Gasteiger partial charge in [0.2, 0.25) is 0 Å². The number of halogens is 7. The van der Waals surface area contributed by atoms with Crippen LogP contribution in [0, 0.1) is 0 Å². The minimum Gasteiger partial charge on any atom is -0.434 e.